The molecule has 0 bridgehead atoms. The monoisotopic (exact) mass is 320 g/mol. The van der Waals surface area contributed by atoms with E-state index in [1.165, 1.54) is 7.11 Å². The van der Waals surface area contributed by atoms with Gasteiger partial charge in [0.1, 0.15) is 30.2 Å². The fourth-order valence-corrected chi connectivity index (χ4v) is 2.69. The summed E-state index contributed by atoms with van der Waals surface area (Å²) in [5.41, 5.74) is 0. The molecule has 0 saturated carbocycles. The normalized spacial score (nSPS) is 31.2. The van der Waals surface area contributed by atoms with Gasteiger partial charge in [0.25, 0.3) is 0 Å². The maximum atomic E-state index is 10.1. The van der Waals surface area contributed by atoms with Crippen molar-refractivity contribution in [1.29, 1.82) is 0 Å². The first-order valence-corrected chi connectivity index (χ1v) is 7.44. The molecule has 23 heavy (non-hydrogen) atoms. The van der Waals surface area contributed by atoms with Crippen LogP contribution >= 0.6 is 0 Å². The van der Waals surface area contributed by atoms with Gasteiger partial charge in [-0.3, -0.25) is 0 Å². The minimum atomic E-state index is -1.37. The summed E-state index contributed by atoms with van der Waals surface area (Å²) in [5, 5.41) is 32.0. The molecule has 0 spiro atoms. The fraction of sp³-hybridized carbons (Fsp3) is 0.412. The molecular formula is C17H20O6. The van der Waals surface area contributed by atoms with Crippen molar-refractivity contribution in [3.05, 3.63) is 42.5 Å². The molecule has 3 rings (SSSR count). The maximum Gasteiger partial charge on any atom is 0.229 e. The van der Waals surface area contributed by atoms with E-state index in [-0.39, 0.29) is 6.61 Å². The zero-order valence-corrected chi connectivity index (χ0v) is 12.7. The third-order valence-electron chi connectivity index (χ3n) is 3.97. The summed E-state index contributed by atoms with van der Waals surface area (Å²) in [5.74, 6) is 0.507. The van der Waals surface area contributed by atoms with Crippen LogP contribution in [0.5, 0.6) is 5.75 Å². The molecule has 1 heterocycles. The Bertz CT molecular complexity index is 660. The predicted octanol–water partition coefficient (Wildman–Crippen LogP) is 0.673. The van der Waals surface area contributed by atoms with Gasteiger partial charge in [-0.1, -0.05) is 30.3 Å². The van der Waals surface area contributed by atoms with Crippen molar-refractivity contribution in [2.45, 2.75) is 30.7 Å². The predicted molar refractivity (Wildman–Crippen MR) is 83.1 cm³/mol. The van der Waals surface area contributed by atoms with Gasteiger partial charge in [-0.25, -0.2) is 0 Å². The molecule has 1 aliphatic rings. The van der Waals surface area contributed by atoms with Gasteiger partial charge in [0.2, 0.25) is 6.29 Å². The number of hydrogen-bond donors (Lipinski definition) is 3. The van der Waals surface area contributed by atoms with E-state index in [0.717, 1.165) is 10.8 Å². The van der Waals surface area contributed by atoms with Crippen molar-refractivity contribution in [2.75, 3.05) is 13.7 Å². The highest BCUT2D eigenvalue weighted by Crippen LogP contribution is 2.26. The van der Waals surface area contributed by atoms with Crippen molar-refractivity contribution < 1.29 is 29.5 Å². The second-order valence-corrected chi connectivity index (χ2v) is 5.60. The van der Waals surface area contributed by atoms with E-state index in [4.69, 9.17) is 14.2 Å². The zero-order chi connectivity index (χ0) is 16.4. The Balaban J connectivity index is 1.79. The summed E-state index contributed by atoms with van der Waals surface area (Å²) in [4.78, 5) is 0. The van der Waals surface area contributed by atoms with Crippen LogP contribution in [0.1, 0.15) is 0 Å². The second-order valence-electron chi connectivity index (χ2n) is 5.60. The minimum Gasteiger partial charge on any atom is -0.462 e. The van der Waals surface area contributed by atoms with Gasteiger partial charge < -0.3 is 29.5 Å². The van der Waals surface area contributed by atoms with E-state index >= 15 is 0 Å². The number of hydrogen-bond acceptors (Lipinski definition) is 6. The van der Waals surface area contributed by atoms with Gasteiger partial charge in [-0.2, -0.15) is 0 Å². The van der Waals surface area contributed by atoms with Crippen LogP contribution in [0.4, 0.5) is 0 Å². The van der Waals surface area contributed by atoms with Crippen molar-refractivity contribution in [1.82, 2.24) is 0 Å². The molecule has 124 valence electrons. The van der Waals surface area contributed by atoms with Crippen molar-refractivity contribution >= 4 is 10.8 Å². The molecule has 0 amide bonds. The lowest BCUT2D eigenvalue weighted by Crippen LogP contribution is -2.60. The topological polar surface area (TPSA) is 88.4 Å². The Morgan fingerprint density at radius 3 is 2.43 bits per heavy atom. The van der Waals surface area contributed by atoms with Gasteiger partial charge in [-0.15, -0.1) is 0 Å². The summed E-state index contributed by atoms with van der Waals surface area (Å²) in [6.45, 7) is 0.0858. The van der Waals surface area contributed by atoms with Crippen molar-refractivity contribution in [2.24, 2.45) is 0 Å². The van der Waals surface area contributed by atoms with E-state index in [1.54, 1.807) is 6.07 Å². The number of aliphatic hydroxyl groups is 3. The Hall–Kier alpha value is -1.70. The lowest BCUT2D eigenvalue weighted by atomic mass is 9.99. The molecule has 0 aliphatic carbocycles. The molecule has 3 N–H and O–H groups in total. The number of fused-ring (bicyclic) bond motifs is 1. The van der Waals surface area contributed by atoms with Crippen LogP contribution in [-0.4, -0.2) is 59.7 Å². The third kappa shape index (κ3) is 3.31. The molecule has 1 aliphatic heterocycles. The lowest BCUT2D eigenvalue weighted by molar-refractivity contribution is -0.278. The summed E-state index contributed by atoms with van der Waals surface area (Å²) >= 11 is 0. The van der Waals surface area contributed by atoms with Crippen molar-refractivity contribution in [3.8, 4) is 5.75 Å². The molecule has 6 heteroatoms. The van der Waals surface area contributed by atoms with Gasteiger partial charge in [0.15, 0.2) is 0 Å². The molecule has 2 aromatic rings. The molecule has 5 unspecified atom stereocenters. The standard InChI is InChI=1S/C17H20O6/c1-21-9-13-14(18)15(19)16(20)17(23-13)22-12-7-6-10-4-2-3-5-11(10)8-12/h2-8,13-20H,9H2,1H3. The lowest BCUT2D eigenvalue weighted by Gasteiger charge is -2.39. The molecule has 2 aromatic carbocycles. The van der Waals surface area contributed by atoms with E-state index in [2.05, 4.69) is 0 Å². The molecule has 6 nitrogen and oxygen atoms in total. The van der Waals surface area contributed by atoms with Crippen LogP contribution in [0.2, 0.25) is 0 Å². The van der Waals surface area contributed by atoms with E-state index in [9.17, 15) is 15.3 Å². The van der Waals surface area contributed by atoms with Gasteiger partial charge in [-0.05, 0) is 22.9 Å². The van der Waals surface area contributed by atoms with Crippen LogP contribution in [0.3, 0.4) is 0 Å². The Morgan fingerprint density at radius 2 is 1.70 bits per heavy atom. The Kier molecular flexibility index (Phi) is 4.79. The first-order valence-electron chi connectivity index (χ1n) is 7.44. The second kappa shape index (κ2) is 6.82. The number of aliphatic hydroxyl groups excluding tert-OH is 3. The minimum absolute atomic E-state index is 0.0858. The molecule has 5 atom stereocenters. The number of ether oxygens (including phenoxy) is 3. The van der Waals surface area contributed by atoms with Crippen LogP contribution in [0, 0.1) is 0 Å². The Labute approximate surface area is 133 Å². The average Bonchev–Trinajstić information content (AvgIpc) is 2.57. The number of rotatable bonds is 4. The zero-order valence-electron chi connectivity index (χ0n) is 12.7. The van der Waals surface area contributed by atoms with E-state index in [1.807, 2.05) is 36.4 Å². The first-order chi connectivity index (χ1) is 11.1. The summed E-state index contributed by atoms with van der Waals surface area (Å²) in [6, 6.07) is 13.3. The van der Waals surface area contributed by atoms with E-state index in [0.29, 0.717) is 5.75 Å². The van der Waals surface area contributed by atoms with Gasteiger partial charge in [0.05, 0.1) is 6.61 Å². The molecule has 1 saturated heterocycles. The van der Waals surface area contributed by atoms with Gasteiger partial charge in [0, 0.05) is 7.11 Å². The average molecular weight is 320 g/mol. The van der Waals surface area contributed by atoms with Crippen LogP contribution in [0.15, 0.2) is 42.5 Å². The van der Waals surface area contributed by atoms with Crippen LogP contribution in [-0.2, 0) is 9.47 Å². The molecular weight excluding hydrogens is 300 g/mol. The summed E-state index contributed by atoms with van der Waals surface area (Å²) in [7, 11) is 1.46. The Morgan fingerprint density at radius 1 is 0.957 bits per heavy atom. The molecule has 0 aromatic heterocycles. The third-order valence-corrected chi connectivity index (χ3v) is 3.97. The number of benzene rings is 2. The summed E-state index contributed by atoms with van der Waals surface area (Å²) < 4.78 is 16.2. The first kappa shape index (κ1) is 16.2. The smallest absolute Gasteiger partial charge is 0.229 e. The molecule has 0 radical (unpaired) electrons. The van der Waals surface area contributed by atoms with E-state index < -0.39 is 30.7 Å². The quantitative estimate of drug-likeness (QED) is 0.767. The highest BCUT2D eigenvalue weighted by Gasteiger charge is 2.44. The highest BCUT2D eigenvalue weighted by atomic mass is 16.7. The molecule has 1 fully saturated rings. The number of methoxy groups -OCH3 is 1. The SMILES string of the molecule is COCC1OC(Oc2ccc3ccccc3c2)C(O)C(O)C1O. The van der Waals surface area contributed by atoms with Crippen LogP contribution in [0.25, 0.3) is 10.8 Å². The fourth-order valence-electron chi connectivity index (χ4n) is 2.69. The van der Waals surface area contributed by atoms with Gasteiger partial charge >= 0.3 is 0 Å². The largest absolute Gasteiger partial charge is 0.462 e. The maximum absolute atomic E-state index is 10.1. The summed E-state index contributed by atoms with van der Waals surface area (Å²) in [6.07, 6.45) is -5.82. The van der Waals surface area contributed by atoms with Crippen LogP contribution < -0.4 is 4.74 Å². The highest BCUT2D eigenvalue weighted by molar-refractivity contribution is 5.83. The van der Waals surface area contributed by atoms with Crippen molar-refractivity contribution in [3.63, 3.8) is 0 Å².